The fourth-order valence-corrected chi connectivity index (χ4v) is 4.10. The molecule has 0 saturated carbocycles. The standard InChI is InChI=1S/C24H28N4O3/c1-30-21-15-19-20(16-22(21)31-2)25-23(26-24(19)29)17-28-13-11-27(12-14-28)10-6-9-18-7-4-3-5-8-18/h3-9,15-16H,10-14,17H2,1-2H3,(H,25,26,29)/p+2/b9-6+. The molecule has 162 valence electrons. The van der Waals surface area contributed by atoms with Crippen LogP contribution in [0.3, 0.4) is 0 Å². The Hall–Kier alpha value is -3.16. The van der Waals surface area contributed by atoms with Crippen LogP contribution in [0.1, 0.15) is 11.4 Å². The first kappa shape index (κ1) is 21.1. The van der Waals surface area contributed by atoms with E-state index < -0.39 is 0 Å². The molecule has 1 aromatic heterocycles. The Kier molecular flexibility index (Phi) is 6.64. The summed E-state index contributed by atoms with van der Waals surface area (Å²) in [5.41, 5.74) is 1.73. The van der Waals surface area contributed by atoms with Crippen molar-refractivity contribution in [2.45, 2.75) is 6.54 Å². The molecule has 31 heavy (non-hydrogen) atoms. The van der Waals surface area contributed by atoms with Gasteiger partial charge in [0, 0.05) is 6.07 Å². The third kappa shape index (κ3) is 5.13. The summed E-state index contributed by atoms with van der Waals surface area (Å²) in [5.74, 6) is 1.82. The summed E-state index contributed by atoms with van der Waals surface area (Å²) in [6.45, 7) is 6.08. The summed E-state index contributed by atoms with van der Waals surface area (Å²) in [4.78, 5) is 23.3. The predicted molar refractivity (Wildman–Crippen MR) is 121 cm³/mol. The number of ether oxygens (including phenoxy) is 2. The zero-order chi connectivity index (χ0) is 21.6. The molecule has 3 N–H and O–H groups in total. The Balaban J connectivity index is 1.37. The number of methoxy groups -OCH3 is 2. The van der Waals surface area contributed by atoms with Crippen LogP contribution in [0.25, 0.3) is 17.0 Å². The summed E-state index contributed by atoms with van der Waals surface area (Å²) < 4.78 is 10.7. The molecule has 0 bridgehead atoms. The number of fused-ring (bicyclic) bond motifs is 1. The predicted octanol–water partition coefficient (Wildman–Crippen LogP) is -0.0629. The van der Waals surface area contributed by atoms with Gasteiger partial charge in [0.2, 0.25) is 0 Å². The van der Waals surface area contributed by atoms with Gasteiger partial charge in [-0.2, -0.15) is 0 Å². The van der Waals surface area contributed by atoms with Gasteiger partial charge < -0.3 is 24.3 Å². The Morgan fingerprint density at radius 1 is 1.00 bits per heavy atom. The molecule has 0 spiro atoms. The van der Waals surface area contributed by atoms with Gasteiger partial charge in [-0.3, -0.25) is 4.79 Å². The molecule has 1 saturated heterocycles. The Labute approximate surface area is 181 Å². The van der Waals surface area contributed by atoms with Crippen LogP contribution >= 0.6 is 0 Å². The second-order valence-corrected chi connectivity index (χ2v) is 7.93. The smallest absolute Gasteiger partial charge is 0.259 e. The fraction of sp³-hybridized carbons (Fsp3) is 0.333. The number of benzene rings is 2. The van der Waals surface area contributed by atoms with Crippen molar-refractivity contribution in [1.82, 2.24) is 9.97 Å². The van der Waals surface area contributed by atoms with Crippen molar-refractivity contribution < 1.29 is 19.3 Å². The van der Waals surface area contributed by atoms with E-state index in [1.54, 1.807) is 31.3 Å². The quantitative estimate of drug-likeness (QED) is 0.499. The number of quaternary nitrogens is 2. The normalized spacial score (nSPS) is 19.0. The van der Waals surface area contributed by atoms with Gasteiger partial charge in [0.1, 0.15) is 32.7 Å². The average molecular weight is 423 g/mol. The number of aromatic nitrogens is 2. The van der Waals surface area contributed by atoms with Gasteiger partial charge in [0.05, 0.1) is 31.7 Å². The van der Waals surface area contributed by atoms with Crippen molar-refractivity contribution in [3.05, 3.63) is 70.3 Å². The lowest BCUT2D eigenvalue weighted by atomic mass is 10.2. The van der Waals surface area contributed by atoms with Gasteiger partial charge in [-0.1, -0.05) is 36.4 Å². The van der Waals surface area contributed by atoms with Gasteiger partial charge >= 0.3 is 0 Å². The molecule has 1 fully saturated rings. The minimum absolute atomic E-state index is 0.143. The van der Waals surface area contributed by atoms with Crippen molar-refractivity contribution in [2.75, 3.05) is 46.9 Å². The topological polar surface area (TPSA) is 73.1 Å². The van der Waals surface area contributed by atoms with Crippen LogP contribution in [0.2, 0.25) is 0 Å². The Morgan fingerprint density at radius 2 is 1.68 bits per heavy atom. The average Bonchev–Trinajstić information content (AvgIpc) is 2.80. The second kappa shape index (κ2) is 9.76. The summed E-state index contributed by atoms with van der Waals surface area (Å²) >= 11 is 0. The minimum Gasteiger partial charge on any atom is -0.493 e. The third-order valence-electron chi connectivity index (χ3n) is 5.86. The van der Waals surface area contributed by atoms with E-state index in [0.29, 0.717) is 34.8 Å². The lowest BCUT2D eigenvalue weighted by Gasteiger charge is -2.28. The molecule has 7 heteroatoms. The Bertz CT molecular complexity index is 1100. The highest BCUT2D eigenvalue weighted by Crippen LogP contribution is 2.29. The van der Waals surface area contributed by atoms with Gasteiger partial charge in [-0.15, -0.1) is 0 Å². The van der Waals surface area contributed by atoms with Crippen LogP contribution in [0.15, 0.2) is 53.3 Å². The first-order chi connectivity index (χ1) is 15.2. The van der Waals surface area contributed by atoms with E-state index in [1.807, 2.05) is 6.07 Å². The van der Waals surface area contributed by atoms with Crippen molar-refractivity contribution in [2.24, 2.45) is 0 Å². The maximum Gasteiger partial charge on any atom is 0.259 e. The molecule has 4 rings (SSSR count). The number of aromatic amines is 1. The monoisotopic (exact) mass is 422 g/mol. The van der Waals surface area contributed by atoms with E-state index in [-0.39, 0.29) is 5.56 Å². The first-order valence-corrected chi connectivity index (χ1v) is 10.7. The number of piperazine rings is 1. The van der Waals surface area contributed by atoms with E-state index in [0.717, 1.165) is 32.7 Å². The number of nitrogens with one attached hydrogen (secondary N) is 3. The van der Waals surface area contributed by atoms with Crippen molar-refractivity contribution >= 4 is 17.0 Å². The van der Waals surface area contributed by atoms with Crippen LogP contribution < -0.4 is 24.8 Å². The van der Waals surface area contributed by atoms with E-state index >= 15 is 0 Å². The molecule has 1 aliphatic rings. The van der Waals surface area contributed by atoms with E-state index in [4.69, 9.17) is 9.47 Å². The van der Waals surface area contributed by atoms with E-state index in [1.165, 1.54) is 10.5 Å². The van der Waals surface area contributed by atoms with Crippen molar-refractivity contribution in [1.29, 1.82) is 0 Å². The minimum atomic E-state index is -0.143. The SMILES string of the molecule is COc1cc2nc(C[NH+]3CC[NH+](C/C=C/c4ccccc4)CC3)[nH]c(=O)c2cc1OC. The highest BCUT2D eigenvalue weighted by Gasteiger charge is 2.23. The van der Waals surface area contributed by atoms with E-state index in [9.17, 15) is 4.79 Å². The van der Waals surface area contributed by atoms with Crippen LogP contribution in [-0.2, 0) is 6.54 Å². The maximum absolute atomic E-state index is 12.6. The van der Waals surface area contributed by atoms with Gasteiger partial charge in [-0.05, 0) is 17.7 Å². The number of H-pyrrole nitrogens is 1. The summed E-state index contributed by atoms with van der Waals surface area (Å²) in [6, 6.07) is 13.9. The molecular weight excluding hydrogens is 392 g/mol. The first-order valence-electron chi connectivity index (χ1n) is 10.7. The molecule has 2 heterocycles. The summed E-state index contributed by atoms with van der Waals surface area (Å²) in [7, 11) is 3.14. The number of hydrogen-bond acceptors (Lipinski definition) is 4. The highest BCUT2D eigenvalue weighted by atomic mass is 16.5. The van der Waals surface area contributed by atoms with Gasteiger partial charge in [0.15, 0.2) is 17.3 Å². The van der Waals surface area contributed by atoms with Gasteiger partial charge in [0.25, 0.3) is 5.56 Å². The lowest BCUT2D eigenvalue weighted by molar-refractivity contribution is -1.02. The largest absolute Gasteiger partial charge is 0.493 e. The molecule has 3 aromatic rings. The van der Waals surface area contributed by atoms with Crippen LogP contribution in [0.5, 0.6) is 11.5 Å². The molecule has 0 unspecified atom stereocenters. The molecule has 0 amide bonds. The molecule has 0 radical (unpaired) electrons. The zero-order valence-electron chi connectivity index (χ0n) is 18.1. The van der Waals surface area contributed by atoms with E-state index in [2.05, 4.69) is 46.4 Å². The molecule has 2 aromatic carbocycles. The molecule has 0 aliphatic carbocycles. The van der Waals surface area contributed by atoms with Crippen molar-refractivity contribution in [3.8, 4) is 11.5 Å². The molecular formula is C24H30N4O3+2. The zero-order valence-corrected chi connectivity index (χ0v) is 18.1. The van der Waals surface area contributed by atoms with Crippen molar-refractivity contribution in [3.63, 3.8) is 0 Å². The molecule has 1 aliphatic heterocycles. The molecule has 0 atom stereocenters. The van der Waals surface area contributed by atoms with Crippen LogP contribution in [-0.4, -0.2) is 56.9 Å². The van der Waals surface area contributed by atoms with Crippen LogP contribution in [0, 0.1) is 0 Å². The Morgan fingerprint density at radius 3 is 2.39 bits per heavy atom. The lowest BCUT2D eigenvalue weighted by Crippen LogP contribution is -3.27. The van der Waals surface area contributed by atoms with Gasteiger partial charge in [-0.25, -0.2) is 4.98 Å². The third-order valence-corrected chi connectivity index (χ3v) is 5.86. The molecule has 7 nitrogen and oxygen atoms in total. The number of nitrogens with zero attached hydrogens (tertiary/aromatic N) is 1. The van der Waals surface area contributed by atoms with Crippen LogP contribution in [0.4, 0.5) is 0 Å². The second-order valence-electron chi connectivity index (χ2n) is 7.93. The summed E-state index contributed by atoms with van der Waals surface area (Å²) in [6.07, 6.45) is 4.46. The number of rotatable bonds is 7. The summed E-state index contributed by atoms with van der Waals surface area (Å²) in [5, 5.41) is 0.510. The fourth-order valence-electron chi connectivity index (χ4n) is 4.10. The highest BCUT2D eigenvalue weighted by molar-refractivity contribution is 5.81. The number of hydrogen-bond donors (Lipinski definition) is 3. The maximum atomic E-state index is 12.6.